The number of imidazole rings is 1. The third kappa shape index (κ3) is 3.73. The molecule has 0 amide bonds. The Morgan fingerprint density at radius 1 is 0.862 bits per heavy atom. The third-order valence-corrected chi connectivity index (χ3v) is 4.58. The van der Waals surface area contributed by atoms with Gasteiger partial charge in [0.15, 0.2) is 5.82 Å². The van der Waals surface area contributed by atoms with E-state index in [1.165, 1.54) is 6.20 Å². The Morgan fingerprint density at radius 3 is 2.03 bits per heavy atom. The molecule has 0 bridgehead atoms. The molecule has 0 aliphatic carbocycles. The van der Waals surface area contributed by atoms with Gasteiger partial charge in [0.1, 0.15) is 11.5 Å². The number of carbonyl (C=O) groups is 1. The predicted molar refractivity (Wildman–Crippen MR) is 110 cm³/mol. The number of benzene rings is 2. The monoisotopic (exact) mass is 385 g/mol. The van der Waals surface area contributed by atoms with Crippen LogP contribution in [0.3, 0.4) is 0 Å². The number of methoxy groups -OCH3 is 2. The molecule has 1 N–H and O–H groups in total. The molecule has 0 aliphatic heterocycles. The first-order valence-electron chi connectivity index (χ1n) is 9.03. The Bertz CT molecular complexity index is 1050. The van der Waals surface area contributed by atoms with Crippen LogP contribution in [0.2, 0.25) is 0 Å². The van der Waals surface area contributed by atoms with Gasteiger partial charge in [-0.15, -0.1) is 0 Å². The largest absolute Gasteiger partial charge is 0.497 e. The van der Waals surface area contributed by atoms with E-state index in [9.17, 15) is 4.79 Å². The smallest absolute Gasteiger partial charge is 0.229 e. The minimum Gasteiger partial charge on any atom is -0.497 e. The molecule has 6 nitrogen and oxygen atoms in total. The summed E-state index contributed by atoms with van der Waals surface area (Å²) < 4.78 is 10.5. The molecule has 4 rings (SSSR count). The van der Waals surface area contributed by atoms with Crippen LogP contribution >= 0.6 is 0 Å². The summed E-state index contributed by atoms with van der Waals surface area (Å²) in [6.45, 7) is 0. The van der Waals surface area contributed by atoms with Crippen molar-refractivity contribution in [3.63, 3.8) is 0 Å². The molecule has 0 radical (unpaired) electrons. The number of H-pyrrole nitrogens is 1. The van der Waals surface area contributed by atoms with Crippen LogP contribution in [0.5, 0.6) is 11.5 Å². The van der Waals surface area contributed by atoms with Gasteiger partial charge < -0.3 is 14.5 Å². The number of hydrogen-bond donors (Lipinski definition) is 1. The summed E-state index contributed by atoms with van der Waals surface area (Å²) in [7, 11) is 3.25. The highest BCUT2D eigenvalue weighted by molar-refractivity contribution is 6.07. The first-order valence-corrected chi connectivity index (χ1v) is 9.03. The Kier molecular flexibility index (Phi) is 5.07. The number of aromatic nitrogens is 3. The van der Waals surface area contributed by atoms with Crippen molar-refractivity contribution < 1.29 is 14.3 Å². The fourth-order valence-corrected chi connectivity index (χ4v) is 3.04. The lowest BCUT2D eigenvalue weighted by Crippen LogP contribution is -2.04. The van der Waals surface area contributed by atoms with E-state index in [1.54, 1.807) is 32.5 Å². The quantitative estimate of drug-likeness (QED) is 0.498. The Morgan fingerprint density at radius 2 is 1.48 bits per heavy atom. The lowest BCUT2D eigenvalue weighted by Gasteiger charge is -2.06. The number of pyridine rings is 1. The van der Waals surface area contributed by atoms with Crippen LogP contribution in [-0.2, 0) is 0 Å². The Balaban J connectivity index is 1.82. The number of nitrogens with one attached hydrogen (secondary N) is 1. The number of nitrogens with zero attached hydrogens (tertiary/aromatic N) is 2. The summed E-state index contributed by atoms with van der Waals surface area (Å²) in [5.74, 6) is 1.55. The molecule has 0 fully saturated rings. The fourth-order valence-electron chi connectivity index (χ4n) is 3.04. The van der Waals surface area contributed by atoms with Crippen molar-refractivity contribution in [2.24, 2.45) is 0 Å². The molecule has 0 atom stereocenters. The predicted octanol–water partition coefficient (Wildman–Crippen LogP) is 4.39. The molecule has 2 aromatic carbocycles. The van der Waals surface area contributed by atoms with E-state index in [0.717, 1.165) is 28.3 Å². The maximum Gasteiger partial charge on any atom is 0.229 e. The minimum atomic E-state index is -0.215. The zero-order valence-electron chi connectivity index (χ0n) is 16.0. The molecular weight excluding hydrogens is 366 g/mol. The normalized spacial score (nSPS) is 10.6. The van der Waals surface area contributed by atoms with Crippen LogP contribution in [0, 0.1) is 0 Å². The first-order chi connectivity index (χ1) is 14.2. The molecule has 144 valence electrons. The Labute approximate surface area is 168 Å². The fraction of sp³-hybridized carbons (Fsp3) is 0.0870. The highest BCUT2D eigenvalue weighted by Crippen LogP contribution is 2.32. The number of aromatic amines is 1. The topological polar surface area (TPSA) is 77.1 Å². The van der Waals surface area contributed by atoms with Gasteiger partial charge in [0.05, 0.1) is 25.6 Å². The average Bonchev–Trinajstić information content (AvgIpc) is 3.24. The third-order valence-electron chi connectivity index (χ3n) is 4.58. The maximum absolute atomic E-state index is 12.9. The van der Waals surface area contributed by atoms with Gasteiger partial charge in [-0.2, -0.15) is 0 Å². The number of rotatable bonds is 6. The van der Waals surface area contributed by atoms with Gasteiger partial charge in [0.2, 0.25) is 5.78 Å². The second-order valence-electron chi connectivity index (χ2n) is 6.34. The van der Waals surface area contributed by atoms with Gasteiger partial charge in [-0.1, -0.05) is 0 Å². The second-order valence-corrected chi connectivity index (χ2v) is 6.34. The van der Waals surface area contributed by atoms with Gasteiger partial charge in [0, 0.05) is 29.1 Å². The van der Waals surface area contributed by atoms with E-state index in [0.29, 0.717) is 11.3 Å². The maximum atomic E-state index is 12.9. The second kappa shape index (κ2) is 7.98. The van der Waals surface area contributed by atoms with Crippen LogP contribution in [0.25, 0.3) is 22.5 Å². The molecular formula is C23H19N3O3. The van der Waals surface area contributed by atoms with Crippen LogP contribution < -0.4 is 9.47 Å². The molecule has 2 aromatic heterocycles. The van der Waals surface area contributed by atoms with Gasteiger partial charge in [0.25, 0.3) is 0 Å². The van der Waals surface area contributed by atoms with Crippen LogP contribution in [0.4, 0.5) is 0 Å². The van der Waals surface area contributed by atoms with Crippen molar-refractivity contribution in [3.05, 3.63) is 84.4 Å². The zero-order valence-corrected chi connectivity index (χ0v) is 16.0. The molecule has 0 saturated carbocycles. The van der Waals surface area contributed by atoms with Crippen LogP contribution in [-0.4, -0.2) is 35.0 Å². The van der Waals surface area contributed by atoms with E-state index in [4.69, 9.17) is 9.47 Å². The summed E-state index contributed by atoms with van der Waals surface area (Å²) in [5, 5.41) is 0. The summed E-state index contributed by atoms with van der Waals surface area (Å²) in [6.07, 6.45) is 3.16. The minimum absolute atomic E-state index is 0.215. The summed E-state index contributed by atoms with van der Waals surface area (Å²) in [5.41, 5.74) is 3.69. The highest BCUT2D eigenvalue weighted by atomic mass is 16.5. The van der Waals surface area contributed by atoms with Crippen LogP contribution in [0.15, 0.2) is 73.1 Å². The van der Waals surface area contributed by atoms with Crippen molar-refractivity contribution in [1.82, 2.24) is 15.0 Å². The van der Waals surface area contributed by atoms with Gasteiger partial charge >= 0.3 is 0 Å². The number of ketones is 1. The number of ether oxygens (including phenoxy) is 2. The zero-order chi connectivity index (χ0) is 20.2. The molecule has 0 aliphatic rings. The van der Waals surface area contributed by atoms with E-state index >= 15 is 0 Å². The molecule has 4 aromatic rings. The SMILES string of the molecule is COc1ccc(-c2nc(C(=O)c3cccnc3)[nH]c2-c2ccc(OC)cc2)cc1. The average molecular weight is 385 g/mol. The van der Waals surface area contributed by atoms with E-state index in [1.807, 2.05) is 48.5 Å². The Hall–Kier alpha value is -3.93. The highest BCUT2D eigenvalue weighted by Gasteiger charge is 2.20. The van der Waals surface area contributed by atoms with Crippen molar-refractivity contribution >= 4 is 5.78 Å². The van der Waals surface area contributed by atoms with Crippen LogP contribution in [0.1, 0.15) is 16.2 Å². The molecule has 29 heavy (non-hydrogen) atoms. The lowest BCUT2D eigenvalue weighted by molar-refractivity contribution is 0.103. The number of carbonyl (C=O) groups excluding carboxylic acids is 1. The number of hydrogen-bond acceptors (Lipinski definition) is 5. The van der Waals surface area contributed by atoms with E-state index in [2.05, 4.69) is 15.0 Å². The molecule has 2 heterocycles. The van der Waals surface area contributed by atoms with Crippen molar-refractivity contribution in [3.8, 4) is 34.0 Å². The van der Waals surface area contributed by atoms with Crippen molar-refractivity contribution in [2.45, 2.75) is 0 Å². The standard InChI is InChI=1S/C23H19N3O3/c1-28-18-9-5-15(6-10-18)20-21(16-7-11-19(29-2)12-8-16)26-23(25-20)22(27)17-4-3-13-24-14-17/h3-14H,1-2H3,(H,25,26). The van der Waals surface area contributed by atoms with Gasteiger partial charge in [-0.3, -0.25) is 9.78 Å². The first kappa shape index (κ1) is 18.4. The molecule has 0 unspecified atom stereocenters. The van der Waals surface area contributed by atoms with Gasteiger partial charge in [-0.25, -0.2) is 4.98 Å². The van der Waals surface area contributed by atoms with E-state index < -0.39 is 0 Å². The van der Waals surface area contributed by atoms with Gasteiger partial charge in [-0.05, 0) is 60.7 Å². The molecule has 0 saturated heterocycles. The molecule has 6 heteroatoms. The molecule has 0 spiro atoms. The van der Waals surface area contributed by atoms with E-state index in [-0.39, 0.29) is 11.6 Å². The summed E-state index contributed by atoms with van der Waals surface area (Å²) >= 11 is 0. The van der Waals surface area contributed by atoms with Crippen molar-refractivity contribution in [1.29, 1.82) is 0 Å². The summed E-state index contributed by atoms with van der Waals surface area (Å²) in [6, 6.07) is 18.6. The lowest BCUT2D eigenvalue weighted by atomic mass is 10.0. The summed E-state index contributed by atoms with van der Waals surface area (Å²) in [4.78, 5) is 24.8. The van der Waals surface area contributed by atoms with Crippen molar-refractivity contribution in [2.75, 3.05) is 14.2 Å².